The van der Waals surface area contributed by atoms with Gasteiger partial charge in [-0.1, -0.05) is 19.1 Å². The summed E-state index contributed by atoms with van der Waals surface area (Å²) in [5, 5.41) is 2.80. The number of benzene rings is 2. The Morgan fingerprint density at radius 2 is 1.69 bits per heavy atom. The Balaban J connectivity index is 2.43. The highest BCUT2D eigenvalue weighted by Crippen LogP contribution is 2.32. The number of amides is 2. The van der Waals surface area contributed by atoms with Crippen LogP contribution in [0.2, 0.25) is 0 Å². The molecule has 0 saturated heterocycles. The molecule has 0 saturated carbocycles. The van der Waals surface area contributed by atoms with Crippen LogP contribution in [0.1, 0.15) is 25.8 Å². The molecule has 1 unspecified atom stereocenters. The van der Waals surface area contributed by atoms with Crippen molar-refractivity contribution in [2.45, 2.75) is 32.9 Å². The fourth-order valence-corrected chi connectivity index (χ4v) is 4.38. The standard InChI is InChI=1S/C25H35N3O7S/c1-7-13-26-25(30)18(2)27(16-19-9-8-10-21(14-19)33-3)24(29)17-28(36(6,31)32)20-11-12-22(34-4)23(15-20)35-5/h8-12,14-15,18H,7,13,16-17H2,1-6H3,(H,26,30). The van der Waals surface area contributed by atoms with Crippen LogP contribution in [0.15, 0.2) is 42.5 Å². The third kappa shape index (κ3) is 7.51. The summed E-state index contributed by atoms with van der Waals surface area (Å²) in [4.78, 5) is 27.7. The van der Waals surface area contributed by atoms with Gasteiger partial charge in [0.2, 0.25) is 21.8 Å². The smallest absolute Gasteiger partial charge is 0.244 e. The Morgan fingerprint density at radius 3 is 2.28 bits per heavy atom. The first kappa shape index (κ1) is 28.8. The van der Waals surface area contributed by atoms with Gasteiger partial charge in [0, 0.05) is 19.2 Å². The molecule has 198 valence electrons. The predicted octanol–water partition coefficient (Wildman–Crippen LogP) is 2.42. The van der Waals surface area contributed by atoms with Gasteiger partial charge in [0.1, 0.15) is 18.3 Å². The average Bonchev–Trinajstić information content (AvgIpc) is 2.87. The van der Waals surface area contributed by atoms with E-state index in [2.05, 4.69) is 5.32 Å². The van der Waals surface area contributed by atoms with E-state index in [9.17, 15) is 18.0 Å². The highest BCUT2D eigenvalue weighted by atomic mass is 32.2. The highest BCUT2D eigenvalue weighted by molar-refractivity contribution is 7.92. The van der Waals surface area contributed by atoms with Crippen molar-refractivity contribution in [3.8, 4) is 17.2 Å². The molecule has 0 radical (unpaired) electrons. The maximum absolute atomic E-state index is 13.6. The Labute approximate surface area is 213 Å². The summed E-state index contributed by atoms with van der Waals surface area (Å²) in [7, 11) is 0.575. The van der Waals surface area contributed by atoms with Crippen molar-refractivity contribution in [1.29, 1.82) is 0 Å². The molecule has 10 nitrogen and oxygen atoms in total. The van der Waals surface area contributed by atoms with E-state index < -0.39 is 28.5 Å². The molecule has 0 fully saturated rings. The number of nitrogens with one attached hydrogen (secondary N) is 1. The van der Waals surface area contributed by atoms with Crippen LogP contribution in [0.3, 0.4) is 0 Å². The molecule has 0 heterocycles. The van der Waals surface area contributed by atoms with E-state index in [4.69, 9.17) is 14.2 Å². The Hall–Kier alpha value is -3.47. The van der Waals surface area contributed by atoms with Crippen LogP contribution in [-0.2, 0) is 26.2 Å². The minimum Gasteiger partial charge on any atom is -0.497 e. The van der Waals surface area contributed by atoms with Crippen LogP contribution in [-0.4, -0.2) is 71.8 Å². The SMILES string of the molecule is CCCNC(=O)C(C)N(Cc1cccc(OC)c1)C(=O)CN(c1ccc(OC)c(OC)c1)S(C)(=O)=O. The topological polar surface area (TPSA) is 114 Å². The molecule has 0 aliphatic rings. The van der Waals surface area contributed by atoms with Crippen LogP contribution < -0.4 is 23.8 Å². The molecule has 2 aromatic rings. The summed E-state index contributed by atoms with van der Waals surface area (Å²) in [6.07, 6.45) is 1.75. The molecule has 0 bridgehead atoms. The van der Waals surface area contributed by atoms with Gasteiger partial charge in [-0.3, -0.25) is 13.9 Å². The van der Waals surface area contributed by atoms with Gasteiger partial charge in [-0.25, -0.2) is 8.42 Å². The number of sulfonamides is 1. The Bertz CT molecular complexity index is 1150. The molecule has 1 N–H and O–H groups in total. The minimum atomic E-state index is -3.87. The number of ether oxygens (including phenoxy) is 3. The number of methoxy groups -OCH3 is 3. The van der Waals surface area contributed by atoms with Crippen LogP contribution in [0.4, 0.5) is 5.69 Å². The fourth-order valence-electron chi connectivity index (χ4n) is 3.54. The number of carbonyl (C=O) groups excluding carboxylic acids is 2. The van der Waals surface area contributed by atoms with Crippen LogP contribution in [0.5, 0.6) is 17.2 Å². The second-order valence-corrected chi connectivity index (χ2v) is 10.1. The van der Waals surface area contributed by atoms with E-state index >= 15 is 0 Å². The second kappa shape index (κ2) is 13.0. The number of hydrogen-bond acceptors (Lipinski definition) is 7. The van der Waals surface area contributed by atoms with Gasteiger partial charge in [-0.2, -0.15) is 0 Å². The zero-order valence-corrected chi connectivity index (χ0v) is 22.4. The lowest BCUT2D eigenvalue weighted by molar-refractivity contribution is -0.139. The van der Waals surface area contributed by atoms with Crippen LogP contribution >= 0.6 is 0 Å². The summed E-state index contributed by atoms with van der Waals surface area (Å²) < 4.78 is 42.2. The summed E-state index contributed by atoms with van der Waals surface area (Å²) in [5.41, 5.74) is 0.961. The zero-order chi connectivity index (χ0) is 26.9. The van der Waals surface area contributed by atoms with Crippen molar-refractivity contribution in [3.05, 3.63) is 48.0 Å². The maximum atomic E-state index is 13.6. The maximum Gasteiger partial charge on any atom is 0.244 e. The van der Waals surface area contributed by atoms with Gasteiger partial charge in [-0.05, 0) is 43.2 Å². The van der Waals surface area contributed by atoms with Gasteiger partial charge in [0.15, 0.2) is 11.5 Å². The summed E-state index contributed by atoms with van der Waals surface area (Å²) in [5.74, 6) is 0.465. The van der Waals surface area contributed by atoms with E-state index in [1.54, 1.807) is 31.2 Å². The van der Waals surface area contributed by atoms with Gasteiger partial charge in [0.05, 0.1) is 33.3 Å². The molecule has 1 atom stereocenters. The molecule has 2 amide bonds. The first-order chi connectivity index (χ1) is 17.0. The normalized spacial score (nSPS) is 11.8. The molecule has 0 spiro atoms. The third-order valence-electron chi connectivity index (χ3n) is 5.54. The molecule has 2 rings (SSSR count). The molecular weight excluding hydrogens is 486 g/mol. The first-order valence-electron chi connectivity index (χ1n) is 11.5. The quantitative estimate of drug-likeness (QED) is 0.431. The third-order valence-corrected chi connectivity index (χ3v) is 6.68. The minimum absolute atomic E-state index is 0.0836. The molecule has 36 heavy (non-hydrogen) atoms. The summed E-state index contributed by atoms with van der Waals surface area (Å²) in [6.45, 7) is 3.58. The zero-order valence-electron chi connectivity index (χ0n) is 21.6. The highest BCUT2D eigenvalue weighted by Gasteiger charge is 2.30. The second-order valence-electron chi connectivity index (χ2n) is 8.15. The molecular formula is C25H35N3O7S. The largest absolute Gasteiger partial charge is 0.497 e. The number of nitrogens with zero attached hydrogens (tertiary/aromatic N) is 2. The van der Waals surface area contributed by atoms with Gasteiger partial charge >= 0.3 is 0 Å². The van der Waals surface area contributed by atoms with Gasteiger partial charge in [-0.15, -0.1) is 0 Å². The number of carbonyl (C=O) groups is 2. The van der Waals surface area contributed by atoms with Crippen molar-refractivity contribution >= 4 is 27.5 Å². The molecule has 11 heteroatoms. The molecule has 0 aliphatic carbocycles. The number of anilines is 1. The van der Waals surface area contributed by atoms with Crippen molar-refractivity contribution in [3.63, 3.8) is 0 Å². The summed E-state index contributed by atoms with van der Waals surface area (Å²) >= 11 is 0. The molecule has 2 aromatic carbocycles. The lowest BCUT2D eigenvalue weighted by Gasteiger charge is -2.31. The van der Waals surface area contributed by atoms with Crippen LogP contribution in [0, 0.1) is 0 Å². The molecule has 0 aromatic heterocycles. The van der Waals surface area contributed by atoms with Gasteiger partial charge < -0.3 is 24.4 Å². The monoisotopic (exact) mass is 521 g/mol. The van der Waals surface area contributed by atoms with Crippen molar-refractivity contribution in [1.82, 2.24) is 10.2 Å². The van der Waals surface area contributed by atoms with E-state index in [1.165, 1.54) is 38.4 Å². The lowest BCUT2D eigenvalue weighted by Crippen LogP contribution is -2.51. The van der Waals surface area contributed by atoms with E-state index in [0.717, 1.165) is 22.5 Å². The van der Waals surface area contributed by atoms with E-state index in [-0.39, 0.29) is 18.1 Å². The van der Waals surface area contributed by atoms with Crippen molar-refractivity contribution in [2.75, 3.05) is 45.0 Å². The Morgan fingerprint density at radius 1 is 1.00 bits per heavy atom. The van der Waals surface area contributed by atoms with Gasteiger partial charge in [0.25, 0.3) is 0 Å². The molecule has 0 aliphatic heterocycles. The van der Waals surface area contributed by atoms with E-state index in [1.807, 2.05) is 13.0 Å². The van der Waals surface area contributed by atoms with Crippen LogP contribution in [0.25, 0.3) is 0 Å². The van der Waals surface area contributed by atoms with E-state index in [0.29, 0.717) is 23.8 Å². The first-order valence-corrected chi connectivity index (χ1v) is 13.3. The fraction of sp³-hybridized carbons (Fsp3) is 0.440. The lowest BCUT2D eigenvalue weighted by atomic mass is 10.1. The predicted molar refractivity (Wildman–Crippen MR) is 138 cm³/mol. The van der Waals surface area contributed by atoms with Crippen molar-refractivity contribution < 1.29 is 32.2 Å². The van der Waals surface area contributed by atoms with Crippen molar-refractivity contribution in [2.24, 2.45) is 0 Å². The number of hydrogen-bond donors (Lipinski definition) is 1. The average molecular weight is 522 g/mol. The number of rotatable bonds is 13. The summed E-state index contributed by atoms with van der Waals surface area (Å²) in [6, 6.07) is 10.9. The Kier molecular flexibility index (Phi) is 10.4.